The van der Waals surface area contributed by atoms with E-state index in [4.69, 9.17) is 26.9 Å². The second kappa shape index (κ2) is 21.8. The van der Waals surface area contributed by atoms with Crippen LogP contribution < -0.4 is 63.7 Å². The van der Waals surface area contributed by atoms with Gasteiger partial charge < -0.3 is 0 Å². The first-order valence-electron chi connectivity index (χ1n) is 26.8. The van der Waals surface area contributed by atoms with E-state index in [9.17, 15) is 0 Å². The Labute approximate surface area is 479 Å². The van der Waals surface area contributed by atoms with E-state index in [0.717, 1.165) is 0 Å². The Hall–Kier alpha value is -6.02. The van der Waals surface area contributed by atoms with Crippen molar-refractivity contribution in [2.75, 3.05) is 0 Å². The molecule has 0 aromatic heterocycles. The fourth-order valence-electron chi connectivity index (χ4n) is 13.4. The van der Waals surface area contributed by atoms with E-state index in [1.54, 1.807) is 0 Å². The molecule has 396 valence electrons. The van der Waals surface area contributed by atoms with Gasteiger partial charge in [-0.3, -0.25) is 0 Å². The summed E-state index contributed by atoms with van der Waals surface area (Å²) in [6, 6.07) is 144. The van der Waals surface area contributed by atoms with Gasteiger partial charge in [0.15, 0.2) is 0 Å². The SMILES string of the molecule is [Br][Pd]([Br])([PH](c1ccccc1)(c1ccccc1)c1ccccc1)([PH](c1ccccc1)(c1ccccc1)c1ccccc1)([PH](c1ccccc1)(c1ccccc1)c1ccccc1)[PH](c1ccccc1)(c1ccccc1)c1ccccc1. The topological polar surface area (TPSA) is 0 Å². The maximum atomic E-state index is 6.46. The molecule has 0 bridgehead atoms. The van der Waals surface area contributed by atoms with Crippen LogP contribution in [0.2, 0.25) is 0 Å². The standard InChI is InChI=1S/4C18H15P.2BrH.Pd/c4*1-4-10-16(11-5-1)19(17-12-6-2-7-13-17)18-14-8-3-9-15-18;;;/h4*1-15H;2*1H;/q;;;;;;-2/p+2. The zero-order chi connectivity index (χ0) is 53.8. The van der Waals surface area contributed by atoms with E-state index in [1.165, 1.54) is 63.7 Å². The van der Waals surface area contributed by atoms with Gasteiger partial charge in [-0.05, 0) is 0 Å². The van der Waals surface area contributed by atoms with E-state index in [2.05, 4.69) is 364 Å². The molecule has 0 atom stereocenters. The van der Waals surface area contributed by atoms with Crippen LogP contribution in [0.4, 0.5) is 0 Å². The van der Waals surface area contributed by atoms with E-state index in [1.807, 2.05) is 0 Å². The van der Waals surface area contributed by atoms with E-state index < -0.39 is 28.9 Å². The first-order valence-corrected chi connectivity index (χ1v) is 50.5. The van der Waals surface area contributed by atoms with Crippen LogP contribution >= 0.6 is 48.7 Å². The number of hydrogen-bond donors (Lipinski definition) is 0. The predicted octanol–water partition coefficient (Wildman–Crippen LogP) is 14.4. The van der Waals surface area contributed by atoms with Gasteiger partial charge in [0.25, 0.3) is 0 Å². The fraction of sp³-hybridized carbons (Fsp3) is 0. The van der Waals surface area contributed by atoms with Crippen LogP contribution in [0.15, 0.2) is 364 Å². The van der Waals surface area contributed by atoms with Crippen molar-refractivity contribution < 1.29 is 7.08 Å². The van der Waals surface area contributed by atoms with Gasteiger partial charge in [0, 0.05) is 0 Å². The summed E-state index contributed by atoms with van der Waals surface area (Å²) in [5, 5.41) is 16.1. The van der Waals surface area contributed by atoms with Crippen molar-refractivity contribution in [2.24, 2.45) is 0 Å². The molecule has 0 unspecified atom stereocenters. The molecule has 0 N–H and O–H groups in total. The van der Waals surface area contributed by atoms with Crippen LogP contribution in [0.3, 0.4) is 0 Å². The van der Waals surface area contributed by atoms with Crippen LogP contribution in [0.25, 0.3) is 0 Å². The summed E-state index contributed by atoms with van der Waals surface area (Å²) < 4.78 is 0. The molecule has 0 heterocycles. The molecule has 0 aliphatic heterocycles. The predicted molar refractivity (Wildman–Crippen MR) is 364 cm³/mol. The molecule has 0 saturated heterocycles. The van der Waals surface area contributed by atoms with Gasteiger partial charge in [-0.15, -0.1) is 0 Å². The minimum absolute atomic E-state index is 1.34. The van der Waals surface area contributed by atoms with E-state index >= 15 is 0 Å². The zero-order valence-corrected chi connectivity index (χ0v) is 52.4. The molecular formula is C72H64Br2P4Pd. The molecule has 0 amide bonds. The monoisotopic (exact) mass is 1320 g/mol. The minimum atomic E-state index is -7.01. The molecule has 7 heteroatoms. The Morgan fingerprint density at radius 3 is 0.291 bits per heavy atom. The molecule has 12 aromatic carbocycles. The van der Waals surface area contributed by atoms with Crippen molar-refractivity contribution in [2.45, 2.75) is 0 Å². The summed E-state index contributed by atoms with van der Waals surface area (Å²) in [6.07, 6.45) is 0. The van der Waals surface area contributed by atoms with Crippen molar-refractivity contribution in [1.82, 2.24) is 0 Å². The average Bonchev–Trinajstić information content (AvgIpc) is 0.669. The molecule has 0 nitrogen and oxygen atoms in total. The maximum absolute atomic E-state index is 7.01. The van der Waals surface area contributed by atoms with Crippen molar-refractivity contribution in [1.29, 1.82) is 0 Å². The van der Waals surface area contributed by atoms with Crippen molar-refractivity contribution in [3.05, 3.63) is 364 Å². The van der Waals surface area contributed by atoms with Crippen molar-refractivity contribution in [3.63, 3.8) is 0 Å². The van der Waals surface area contributed by atoms with Gasteiger partial charge in [0.2, 0.25) is 0 Å². The number of halogens is 2. The average molecular weight is 1320 g/mol. The number of hydrogen-bond acceptors (Lipinski definition) is 0. The van der Waals surface area contributed by atoms with Gasteiger partial charge in [-0.1, -0.05) is 0 Å². The summed E-state index contributed by atoms with van der Waals surface area (Å²) in [5.74, 6) is 0. The third kappa shape index (κ3) is 7.15. The third-order valence-corrected chi connectivity index (χ3v) is 185. The summed E-state index contributed by atoms with van der Waals surface area (Å²) >= 11 is 12.9. The molecule has 0 aliphatic rings. The normalized spacial score (nSPS) is 13.9. The molecule has 0 fully saturated rings. The quantitative estimate of drug-likeness (QED) is 0.0668. The van der Waals surface area contributed by atoms with Crippen LogP contribution in [-0.4, -0.2) is 0 Å². The molecule has 0 radical (unpaired) electrons. The molecule has 79 heavy (non-hydrogen) atoms. The molecular weight excluding hydrogens is 1250 g/mol. The second-order valence-corrected chi connectivity index (χ2v) is 121. The Morgan fingerprint density at radius 1 is 0.139 bits per heavy atom. The van der Waals surface area contributed by atoms with Gasteiger partial charge in [-0.2, -0.15) is 0 Å². The van der Waals surface area contributed by atoms with Gasteiger partial charge in [0.1, 0.15) is 0 Å². The number of rotatable bonds is 16. The Morgan fingerprint density at radius 2 is 0.215 bits per heavy atom. The summed E-state index contributed by atoms with van der Waals surface area (Å²) in [4.78, 5) is 0. The summed E-state index contributed by atoms with van der Waals surface area (Å²) in [5.41, 5.74) is -17.3. The first-order chi connectivity index (χ1) is 38.9. The summed E-state index contributed by atoms with van der Waals surface area (Å²) in [6.45, 7) is 0. The van der Waals surface area contributed by atoms with Gasteiger partial charge in [0.05, 0.1) is 0 Å². The zero-order valence-electron chi connectivity index (χ0n) is 43.7. The van der Waals surface area contributed by atoms with E-state index in [0.29, 0.717) is 0 Å². The molecule has 0 spiro atoms. The van der Waals surface area contributed by atoms with Crippen LogP contribution in [0.5, 0.6) is 0 Å². The number of benzene rings is 12. The summed E-state index contributed by atoms with van der Waals surface area (Å²) in [7, 11) is -7.01. The Balaban J connectivity index is 1.70. The van der Waals surface area contributed by atoms with E-state index in [-0.39, 0.29) is 0 Å². The second-order valence-electron chi connectivity index (χ2n) is 19.8. The Kier molecular flexibility index (Phi) is 14.8. The third-order valence-electron chi connectivity index (χ3n) is 16.0. The van der Waals surface area contributed by atoms with Crippen molar-refractivity contribution in [3.8, 4) is 0 Å². The Bertz CT molecular complexity index is 3020. The molecule has 0 aliphatic carbocycles. The first kappa shape index (κ1) is 53.6. The van der Waals surface area contributed by atoms with Crippen LogP contribution in [0.1, 0.15) is 0 Å². The van der Waals surface area contributed by atoms with Crippen molar-refractivity contribution >= 4 is 112 Å². The van der Waals surface area contributed by atoms with Crippen LogP contribution in [-0.2, 0) is 7.08 Å². The fourth-order valence-corrected chi connectivity index (χ4v) is 251. The molecule has 12 aromatic rings. The molecule has 0 saturated carbocycles. The van der Waals surface area contributed by atoms with Crippen LogP contribution in [0, 0.1) is 0 Å². The van der Waals surface area contributed by atoms with Gasteiger partial charge in [-0.25, -0.2) is 0 Å². The molecule has 12 rings (SSSR count). The van der Waals surface area contributed by atoms with Gasteiger partial charge >= 0.3 is 483 Å².